The number of esters is 1. The highest BCUT2D eigenvalue weighted by Gasteiger charge is 2.09. The predicted molar refractivity (Wildman–Crippen MR) is 86.8 cm³/mol. The van der Waals surface area contributed by atoms with Crippen molar-refractivity contribution in [2.45, 2.75) is 39.2 Å². The molecule has 2 rings (SSSR count). The van der Waals surface area contributed by atoms with Gasteiger partial charge in [-0.3, -0.25) is 9.59 Å². The van der Waals surface area contributed by atoms with E-state index in [4.69, 9.17) is 4.74 Å². The molecule has 0 saturated carbocycles. The maximum atomic E-state index is 11.7. The molecule has 22 heavy (non-hydrogen) atoms. The van der Waals surface area contributed by atoms with Crippen molar-refractivity contribution in [1.29, 1.82) is 0 Å². The highest BCUT2D eigenvalue weighted by atomic mass is 32.1. The van der Waals surface area contributed by atoms with Gasteiger partial charge >= 0.3 is 5.97 Å². The summed E-state index contributed by atoms with van der Waals surface area (Å²) in [5.41, 5.74) is 0.972. The van der Waals surface area contributed by atoms with Crippen molar-refractivity contribution in [3.63, 3.8) is 0 Å². The standard InChI is InChI=1S/C16H20N2O3S/c1-11(2)21-16(20)9-10-17-14(19)7-8-15-18-12-5-3-4-6-13(12)22-15/h3-6,11H,7-10H2,1-2H3,(H,17,19). The first-order chi connectivity index (χ1) is 10.5. The van der Waals surface area contributed by atoms with Crippen LogP contribution in [-0.4, -0.2) is 29.5 Å². The van der Waals surface area contributed by atoms with Crippen molar-refractivity contribution < 1.29 is 14.3 Å². The van der Waals surface area contributed by atoms with Crippen molar-refractivity contribution >= 4 is 33.4 Å². The van der Waals surface area contributed by atoms with Gasteiger partial charge in [0.25, 0.3) is 0 Å². The van der Waals surface area contributed by atoms with Crippen LogP contribution >= 0.6 is 11.3 Å². The van der Waals surface area contributed by atoms with Crippen LogP contribution in [0.15, 0.2) is 24.3 Å². The number of fused-ring (bicyclic) bond motifs is 1. The molecular formula is C16H20N2O3S. The SMILES string of the molecule is CC(C)OC(=O)CCNC(=O)CCc1nc2ccccc2s1. The summed E-state index contributed by atoms with van der Waals surface area (Å²) < 4.78 is 6.13. The Bertz CT molecular complexity index is 619. The van der Waals surface area contributed by atoms with Crippen LogP contribution in [0.4, 0.5) is 0 Å². The normalized spacial score (nSPS) is 10.9. The van der Waals surface area contributed by atoms with Gasteiger partial charge in [-0.05, 0) is 26.0 Å². The summed E-state index contributed by atoms with van der Waals surface area (Å²) in [6.45, 7) is 3.91. The molecule has 1 aromatic heterocycles. The van der Waals surface area contributed by atoms with Crippen molar-refractivity contribution in [3.8, 4) is 0 Å². The maximum absolute atomic E-state index is 11.7. The topological polar surface area (TPSA) is 68.3 Å². The van der Waals surface area contributed by atoms with E-state index in [2.05, 4.69) is 10.3 Å². The summed E-state index contributed by atoms with van der Waals surface area (Å²) in [7, 11) is 0. The minimum atomic E-state index is -0.290. The van der Waals surface area contributed by atoms with E-state index in [1.54, 1.807) is 25.2 Å². The fourth-order valence-electron chi connectivity index (χ4n) is 1.96. The van der Waals surface area contributed by atoms with Crippen LogP contribution < -0.4 is 5.32 Å². The Kier molecular flexibility index (Phi) is 5.89. The third kappa shape index (κ3) is 5.11. The number of nitrogens with one attached hydrogen (secondary N) is 1. The first-order valence-corrected chi connectivity index (χ1v) is 8.17. The Balaban J connectivity index is 1.70. The molecule has 0 saturated heterocycles. The van der Waals surface area contributed by atoms with E-state index in [0.717, 1.165) is 15.2 Å². The molecule has 0 unspecified atom stereocenters. The van der Waals surface area contributed by atoms with Crippen molar-refractivity contribution in [2.24, 2.45) is 0 Å². The quantitative estimate of drug-likeness (QED) is 0.796. The molecule has 0 fully saturated rings. The van der Waals surface area contributed by atoms with E-state index in [1.807, 2.05) is 24.3 Å². The van der Waals surface area contributed by atoms with E-state index in [0.29, 0.717) is 19.4 Å². The second-order valence-electron chi connectivity index (χ2n) is 5.21. The molecule has 6 heteroatoms. The molecule has 1 heterocycles. The van der Waals surface area contributed by atoms with Gasteiger partial charge in [-0.2, -0.15) is 0 Å². The molecule has 1 aromatic carbocycles. The largest absolute Gasteiger partial charge is 0.463 e. The summed E-state index contributed by atoms with van der Waals surface area (Å²) in [5.74, 6) is -0.363. The Morgan fingerprint density at radius 1 is 1.27 bits per heavy atom. The minimum absolute atomic E-state index is 0.0726. The van der Waals surface area contributed by atoms with E-state index >= 15 is 0 Å². The number of nitrogens with zero attached hydrogens (tertiary/aromatic N) is 1. The molecule has 0 atom stereocenters. The Morgan fingerprint density at radius 3 is 2.77 bits per heavy atom. The number of carbonyl (C=O) groups excluding carboxylic acids is 2. The highest BCUT2D eigenvalue weighted by Crippen LogP contribution is 2.22. The molecule has 118 valence electrons. The summed E-state index contributed by atoms with van der Waals surface area (Å²) in [4.78, 5) is 27.6. The number of hydrogen-bond donors (Lipinski definition) is 1. The summed E-state index contributed by atoms with van der Waals surface area (Å²) >= 11 is 1.61. The van der Waals surface area contributed by atoms with Gasteiger partial charge < -0.3 is 10.1 Å². The summed E-state index contributed by atoms with van der Waals surface area (Å²) in [6, 6.07) is 7.93. The lowest BCUT2D eigenvalue weighted by atomic mass is 10.3. The molecule has 0 aliphatic heterocycles. The van der Waals surface area contributed by atoms with Gasteiger partial charge in [0.05, 0.1) is 27.7 Å². The lowest BCUT2D eigenvalue weighted by Gasteiger charge is -2.08. The zero-order valence-electron chi connectivity index (χ0n) is 12.8. The predicted octanol–water partition coefficient (Wildman–Crippen LogP) is 2.69. The third-order valence-corrected chi connectivity index (χ3v) is 4.02. The average molecular weight is 320 g/mol. The zero-order valence-corrected chi connectivity index (χ0v) is 13.6. The fraction of sp³-hybridized carbons (Fsp3) is 0.438. The monoisotopic (exact) mass is 320 g/mol. The van der Waals surface area contributed by atoms with Crippen molar-refractivity contribution in [3.05, 3.63) is 29.3 Å². The fourth-order valence-corrected chi connectivity index (χ4v) is 2.93. The van der Waals surface area contributed by atoms with Crippen LogP contribution in [0.3, 0.4) is 0 Å². The average Bonchev–Trinajstić information content (AvgIpc) is 2.87. The highest BCUT2D eigenvalue weighted by molar-refractivity contribution is 7.18. The first kappa shape index (κ1) is 16.4. The molecule has 5 nitrogen and oxygen atoms in total. The second kappa shape index (κ2) is 7.89. The molecule has 1 amide bonds. The van der Waals surface area contributed by atoms with E-state index < -0.39 is 0 Å². The molecular weight excluding hydrogens is 300 g/mol. The van der Waals surface area contributed by atoms with Crippen molar-refractivity contribution in [2.75, 3.05) is 6.54 Å². The van der Waals surface area contributed by atoms with Crippen LogP contribution in [0.5, 0.6) is 0 Å². The molecule has 0 bridgehead atoms. The number of benzene rings is 1. The Hall–Kier alpha value is -1.95. The lowest BCUT2D eigenvalue weighted by Crippen LogP contribution is -2.27. The molecule has 0 aliphatic carbocycles. The van der Waals surface area contributed by atoms with Crippen LogP contribution in [0.1, 0.15) is 31.7 Å². The van der Waals surface area contributed by atoms with Gasteiger partial charge in [0.15, 0.2) is 0 Å². The second-order valence-corrected chi connectivity index (χ2v) is 6.33. The van der Waals surface area contributed by atoms with Crippen LogP contribution in [0.2, 0.25) is 0 Å². The van der Waals surface area contributed by atoms with Crippen LogP contribution in [0, 0.1) is 0 Å². The number of aromatic nitrogens is 1. The molecule has 0 aliphatic rings. The van der Waals surface area contributed by atoms with Gasteiger partial charge in [0.2, 0.25) is 5.91 Å². The van der Waals surface area contributed by atoms with E-state index in [1.165, 1.54) is 0 Å². The van der Waals surface area contributed by atoms with Crippen LogP contribution in [0.25, 0.3) is 10.2 Å². The first-order valence-electron chi connectivity index (χ1n) is 7.35. The Morgan fingerprint density at radius 2 is 2.05 bits per heavy atom. The number of aryl methyl sites for hydroxylation is 1. The zero-order chi connectivity index (χ0) is 15.9. The van der Waals surface area contributed by atoms with Gasteiger partial charge in [-0.15, -0.1) is 11.3 Å². The van der Waals surface area contributed by atoms with Crippen molar-refractivity contribution in [1.82, 2.24) is 10.3 Å². The molecule has 2 aromatic rings. The number of amides is 1. The summed E-state index contributed by atoms with van der Waals surface area (Å²) in [6.07, 6.45) is 1.06. The number of rotatable bonds is 7. The number of hydrogen-bond acceptors (Lipinski definition) is 5. The third-order valence-electron chi connectivity index (χ3n) is 2.92. The van der Waals surface area contributed by atoms with E-state index in [9.17, 15) is 9.59 Å². The molecule has 1 N–H and O–H groups in total. The Labute approximate surface area is 133 Å². The van der Waals surface area contributed by atoms with E-state index in [-0.39, 0.29) is 24.4 Å². The smallest absolute Gasteiger partial charge is 0.307 e. The van der Waals surface area contributed by atoms with Crippen LogP contribution in [-0.2, 0) is 20.7 Å². The van der Waals surface area contributed by atoms with Gasteiger partial charge in [-0.25, -0.2) is 4.98 Å². The number of carbonyl (C=O) groups is 2. The number of ether oxygens (including phenoxy) is 1. The number of para-hydroxylation sites is 1. The number of thiazole rings is 1. The molecule has 0 spiro atoms. The van der Waals surface area contributed by atoms with Gasteiger partial charge in [0.1, 0.15) is 0 Å². The molecule has 0 radical (unpaired) electrons. The minimum Gasteiger partial charge on any atom is -0.463 e. The summed E-state index contributed by atoms with van der Waals surface area (Å²) in [5, 5.41) is 3.68. The van der Waals surface area contributed by atoms with Gasteiger partial charge in [0, 0.05) is 19.4 Å². The maximum Gasteiger partial charge on any atom is 0.307 e. The van der Waals surface area contributed by atoms with Gasteiger partial charge in [-0.1, -0.05) is 12.1 Å². The lowest BCUT2D eigenvalue weighted by molar-refractivity contribution is -0.147.